The van der Waals surface area contributed by atoms with Crippen LogP contribution in [-0.4, -0.2) is 60.3 Å². The van der Waals surface area contributed by atoms with Gasteiger partial charge in [0, 0.05) is 6.92 Å². The summed E-state index contributed by atoms with van der Waals surface area (Å²) in [5, 5.41) is 9.12. The molecule has 1 aliphatic carbocycles. The van der Waals surface area contributed by atoms with Gasteiger partial charge in [-0.25, -0.2) is 14.4 Å². The van der Waals surface area contributed by atoms with E-state index in [1.807, 2.05) is 0 Å². The molecular weight excluding hydrogens is 312 g/mol. The normalized spacial score (nSPS) is 27.8. The number of hydrogen-bond donors (Lipinski definition) is 1. The van der Waals surface area contributed by atoms with Crippen molar-refractivity contribution in [1.82, 2.24) is 0 Å². The molecule has 2 aliphatic rings. The predicted octanol–water partition coefficient (Wildman–Crippen LogP) is -0.649. The van der Waals surface area contributed by atoms with Gasteiger partial charge in [-0.3, -0.25) is 4.79 Å². The number of epoxide rings is 1. The van der Waals surface area contributed by atoms with Crippen molar-refractivity contribution in [3.05, 3.63) is 24.0 Å². The molecule has 0 aromatic rings. The van der Waals surface area contributed by atoms with E-state index in [1.165, 1.54) is 0 Å². The molecule has 0 bridgehead atoms. The lowest BCUT2D eigenvalue weighted by Crippen LogP contribution is -2.42. The SMILES string of the molecule is C=C(O[C@@H]1C=C(C(=O)O)[C@H]2O[C@H]2[C@H]1OC(=O)C(C)=O)C(=O)OC. The largest absolute Gasteiger partial charge is 0.478 e. The molecule has 1 fully saturated rings. The van der Waals surface area contributed by atoms with Crippen molar-refractivity contribution in [3.8, 4) is 0 Å². The maximum Gasteiger partial charge on any atom is 0.374 e. The second kappa shape index (κ2) is 6.21. The van der Waals surface area contributed by atoms with Gasteiger partial charge in [0.25, 0.3) is 0 Å². The fraction of sp³-hybridized carbons (Fsp3) is 0.429. The van der Waals surface area contributed by atoms with Crippen LogP contribution in [0.4, 0.5) is 0 Å². The third kappa shape index (κ3) is 3.39. The fourth-order valence-corrected chi connectivity index (χ4v) is 2.14. The number of carboxylic acid groups (broad SMARTS) is 1. The summed E-state index contributed by atoms with van der Waals surface area (Å²) in [6.45, 7) is 4.38. The molecular formula is C14H14O9. The van der Waals surface area contributed by atoms with Gasteiger partial charge in [-0.1, -0.05) is 0 Å². The number of fused-ring (bicyclic) bond motifs is 1. The Bertz CT molecular complexity index is 618. The predicted molar refractivity (Wildman–Crippen MR) is 71.0 cm³/mol. The molecule has 124 valence electrons. The maximum atomic E-state index is 11.5. The van der Waals surface area contributed by atoms with Crippen LogP contribution in [0.2, 0.25) is 0 Å². The van der Waals surface area contributed by atoms with E-state index in [0.717, 1.165) is 20.1 Å². The lowest BCUT2D eigenvalue weighted by Gasteiger charge is -2.27. The van der Waals surface area contributed by atoms with Crippen molar-refractivity contribution in [1.29, 1.82) is 0 Å². The van der Waals surface area contributed by atoms with Crippen LogP contribution in [0.5, 0.6) is 0 Å². The summed E-state index contributed by atoms with van der Waals surface area (Å²) < 4.78 is 19.8. The Labute approximate surface area is 130 Å². The van der Waals surface area contributed by atoms with E-state index in [0.29, 0.717) is 0 Å². The number of carbonyl (C=O) groups is 4. The second-order valence-electron chi connectivity index (χ2n) is 4.87. The maximum absolute atomic E-state index is 11.5. The molecule has 9 nitrogen and oxygen atoms in total. The smallest absolute Gasteiger partial charge is 0.374 e. The number of carboxylic acids is 1. The first-order chi connectivity index (χ1) is 10.8. The topological polar surface area (TPSA) is 129 Å². The van der Waals surface area contributed by atoms with Crippen LogP contribution in [0.15, 0.2) is 24.0 Å². The van der Waals surface area contributed by atoms with Crippen LogP contribution in [0.25, 0.3) is 0 Å². The van der Waals surface area contributed by atoms with Crippen molar-refractivity contribution < 1.29 is 43.2 Å². The highest BCUT2D eigenvalue weighted by atomic mass is 16.6. The zero-order valence-corrected chi connectivity index (χ0v) is 12.3. The Hall–Kier alpha value is -2.68. The zero-order chi connectivity index (χ0) is 17.3. The number of rotatable bonds is 6. The number of carbonyl (C=O) groups excluding carboxylic acids is 3. The Morgan fingerprint density at radius 1 is 1.22 bits per heavy atom. The van der Waals surface area contributed by atoms with Crippen LogP contribution < -0.4 is 0 Å². The Kier molecular flexibility index (Phi) is 4.50. The highest BCUT2D eigenvalue weighted by Gasteiger charge is 2.57. The molecule has 0 aromatic heterocycles. The molecule has 1 heterocycles. The zero-order valence-electron chi connectivity index (χ0n) is 12.3. The molecule has 9 heteroatoms. The molecule has 1 saturated heterocycles. The molecule has 0 spiro atoms. The van der Waals surface area contributed by atoms with Crippen LogP contribution in [0, 0.1) is 0 Å². The summed E-state index contributed by atoms with van der Waals surface area (Å²) in [5.41, 5.74) is -0.0900. The van der Waals surface area contributed by atoms with E-state index >= 15 is 0 Å². The summed E-state index contributed by atoms with van der Waals surface area (Å²) in [7, 11) is 1.11. The highest BCUT2D eigenvalue weighted by molar-refractivity contribution is 6.32. The third-order valence-corrected chi connectivity index (χ3v) is 3.29. The van der Waals surface area contributed by atoms with Gasteiger partial charge < -0.3 is 24.1 Å². The van der Waals surface area contributed by atoms with E-state index in [2.05, 4.69) is 11.3 Å². The summed E-state index contributed by atoms with van der Waals surface area (Å²) >= 11 is 0. The summed E-state index contributed by atoms with van der Waals surface area (Å²) in [6.07, 6.45) is -2.61. The Morgan fingerprint density at radius 3 is 2.39 bits per heavy atom. The van der Waals surface area contributed by atoms with E-state index in [1.54, 1.807) is 0 Å². The van der Waals surface area contributed by atoms with Crippen molar-refractivity contribution in [2.24, 2.45) is 0 Å². The Balaban J connectivity index is 2.23. The van der Waals surface area contributed by atoms with Gasteiger partial charge in [0.15, 0.2) is 18.0 Å². The number of ketones is 1. The van der Waals surface area contributed by atoms with Gasteiger partial charge in [0.1, 0.15) is 12.2 Å². The first-order valence-electron chi connectivity index (χ1n) is 6.52. The first kappa shape index (κ1) is 16.7. The second-order valence-corrected chi connectivity index (χ2v) is 4.87. The molecule has 0 aromatic carbocycles. The van der Waals surface area contributed by atoms with Crippen molar-refractivity contribution in [2.45, 2.75) is 31.3 Å². The summed E-state index contributed by atoms with van der Waals surface area (Å²) in [5.74, 6) is -4.45. The van der Waals surface area contributed by atoms with Crippen LogP contribution in [0.1, 0.15) is 6.92 Å². The van der Waals surface area contributed by atoms with Gasteiger partial charge in [-0.15, -0.1) is 0 Å². The van der Waals surface area contributed by atoms with E-state index in [4.69, 9.17) is 19.3 Å². The average molecular weight is 326 g/mol. The van der Waals surface area contributed by atoms with E-state index in [9.17, 15) is 19.2 Å². The van der Waals surface area contributed by atoms with Crippen LogP contribution in [0.3, 0.4) is 0 Å². The summed E-state index contributed by atoms with van der Waals surface area (Å²) in [4.78, 5) is 45.0. The standard InChI is InChI=1S/C14H14O9/c1-5(15)13(18)23-10-8(21-6(2)14(19)20-3)4-7(12(16)17)9-11(10)22-9/h4,8-11H,2H2,1,3H3,(H,16,17)/t8-,9-,10+,11-/m1/s1. The fourth-order valence-electron chi connectivity index (χ4n) is 2.14. The van der Waals surface area contributed by atoms with Gasteiger partial charge in [-0.05, 0) is 12.7 Å². The van der Waals surface area contributed by atoms with Crippen molar-refractivity contribution in [3.63, 3.8) is 0 Å². The monoisotopic (exact) mass is 326 g/mol. The molecule has 0 saturated carbocycles. The number of ether oxygens (including phenoxy) is 4. The average Bonchev–Trinajstić information content (AvgIpc) is 3.27. The minimum atomic E-state index is -1.23. The number of aliphatic carboxylic acids is 1. The minimum Gasteiger partial charge on any atom is -0.478 e. The molecule has 2 rings (SSSR count). The lowest BCUT2D eigenvalue weighted by atomic mass is 9.94. The number of Topliss-reactive ketones (excluding diaryl/α,β-unsaturated/α-hetero) is 1. The number of hydrogen-bond acceptors (Lipinski definition) is 8. The molecule has 4 atom stereocenters. The molecule has 23 heavy (non-hydrogen) atoms. The number of esters is 2. The minimum absolute atomic E-state index is 0.0900. The molecule has 0 amide bonds. The molecule has 0 radical (unpaired) electrons. The first-order valence-corrected chi connectivity index (χ1v) is 6.52. The van der Waals surface area contributed by atoms with Gasteiger partial charge in [0.05, 0.1) is 12.7 Å². The summed E-state index contributed by atoms with van der Waals surface area (Å²) in [6, 6.07) is 0. The molecule has 1 aliphatic heterocycles. The van der Waals surface area contributed by atoms with E-state index < -0.39 is 53.9 Å². The van der Waals surface area contributed by atoms with Crippen molar-refractivity contribution in [2.75, 3.05) is 7.11 Å². The number of methoxy groups -OCH3 is 1. The van der Waals surface area contributed by atoms with Crippen LogP contribution in [-0.2, 0) is 38.1 Å². The van der Waals surface area contributed by atoms with Gasteiger partial charge in [-0.2, -0.15) is 0 Å². The Morgan fingerprint density at radius 2 is 1.87 bits per heavy atom. The molecule has 1 N–H and O–H groups in total. The lowest BCUT2D eigenvalue weighted by molar-refractivity contribution is -0.163. The third-order valence-electron chi connectivity index (χ3n) is 3.29. The molecule has 0 unspecified atom stereocenters. The van der Waals surface area contributed by atoms with Gasteiger partial charge >= 0.3 is 17.9 Å². The quantitative estimate of drug-likeness (QED) is 0.222. The van der Waals surface area contributed by atoms with Crippen LogP contribution >= 0.6 is 0 Å². The van der Waals surface area contributed by atoms with E-state index in [-0.39, 0.29) is 5.57 Å². The van der Waals surface area contributed by atoms with Crippen molar-refractivity contribution >= 4 is 23.7 Å². The highest BCUT2D eigenvalue weighted by Crippen LogP contribution is 2.40. The van der Waals surface area contributed by atoms with Gasteiger partial charge in [0.2, 0.25) is 5.78 Å².